The molecule has 2 unspecified atom stereocenters. The van der Waals surface area contributed by atoms with E-state index in [-0.39, 0.29) is 17.8 Å². The van der Waals surface area contributed by atoms with Gasteiger partial charge in [-0.25, -0.2) is 4.79 Å². The van der Waals surface area contributed by atoms with E-state index < -0.39 is 18.0 Å². The third kappa shape index (κ3) is 1.53. The Morgan fingerprint density at radius 2 is 2.25 bits per heavy atom. The number of aliphatic carboxylic acids is 1. The van der Waals surface area contributed by atoms with Crippen molar-refractivity contribution in [1.29, 1.82) is 0 Å². The number of aliphatic hydroxyl groups is 1. The molecule has 1 aliphatic carbocycles. The zero-order valence-electron chi connectivity index (χ0n) is 6.65. The molecule has 0 radical (unpaired) electrons. The maximum Gasteiger partial charge on any atom is 0.331 e. The number of hydrogen-bond acceptors (Lipinski definition) is 3. The molecule has 0 amide bonds. The molecule has 0 aromatic carbocycles. The Morgan fingerprint density at radius 3 is 2.67 bits per heavy atom. The molecule has 0 bridgehead atoms. The van der Waals surface area contributed by atoms with Gasteiger partial charge in [0.25, 0.3) is 0 Å². The van der Waals surface area contributed by atoms with Crippen molar-refractivity contribution in [2.75, 3.05) is 0 Å². The van der Waals surface area contributed by atoms with Gasteiger partial charge in [-0.05, 0) is 6.08 Å². The van der Waals surface area contributed by atoms with Gasteiger partial charge in [-0.1, -0.05) is 6.92 Å². The lowest BCUT2D eigenvalue weighted by Crippen LogP contribution is -2.30. The number of carboxylic acid groups (broad SMARTS) is 1. The minimum Gasteiger partial charge on any atom is -0.478 e. The predicted octanol–water partition coefficient (Wildman–Crippen LogP) is -0.0328. The average molecular weight is 170 g/mol. The van der Waals surface area contributed by atoms with E-state index in [1.54, 1.807) is 6.92 Å². The first kappa shape index (κ1) is 8.93. The second kappa shape index (κ2) is 3.06. The highest BCUT2D eigenvalue weighted by molar-refractivity contribution is 6.01. The van der Waals surface area contributed by atoms with E-state index in [4.69, 9.17) is 5.11 Å². The number of aliphatic hydroxyl groups excluding tert-OH is 1. The standard InChI is InChI=1S/C8H10O4/c1-4-6(9)2-5(8(11)12)3-7(4)10/h2,4,7,10H,3H2,1H3,(H,11,12). The Kier molecular flexibility index (Phi) is 2.28. The fourth-order valence-corrected chi connectivity index (χ4v) is 1.10. The van der Waals surface area contributed by atoms with Crippen molar-refractivity contribution in [3.05, 3.63) is 11.6 Å². The van der Waals surface area contributed by atoms with E-state index in [2.05, 4.69) is 0 Å². The largest absolute Gasteiger partial charge is 0.478 e. The molecule has 2 N–H and O–H groups in total. The van der Waals surface area contributed by atoms with Crippen LogP contribution in [0.1, 0.15) is 13.3 Å². The lowest BCUT2D eigenvalue weighted by Gasteiger charge is -2.21. The summed E-state index contributed by atoms with van der Waals surface area (Å²) in [6.07, 6.45) is 0.302. The van der Waals surface area contributed by atoms with Crippen LogP contribution in [0.25, 0.3) is 0 Å². The molecular weight excluding hydrogens is 160 g/mol. The molecular formula is C8H10O4. The summed E-state index contributed by atoms with van der Waals surface area (Å²) in [6.45, 7) is 1.59. The Morgan fingerprint density at radius 1 is 1.67 bits per heavy atom. The monoisotopic (exact) mass is 170 g/mol. The van der Waals surface area contributed by atoms with Crippen LogP contribution in [0.5, 0.6) is 0 Å². The average Bonchev–Trinajstić information content (AvgIpc) is 1.99. The van der Waals surface area contributed by atoms with Crippen molar-refractivity contribution in [3.63, 3.8) is 0 Å². The highest BCUT2D eigenvalue weighted by Gasteiger charge is 2.29. The highest BCUT2D eigenvalue weighted by atomic mass is 16.4. The summed E-state index contributed by atoms with van der Waals surface area (Å²) in [5, 5.41) is 17.8. The van der Waals surface area contributed by atoms with Crippen LogP contribution in [-0.2, 0) is 9.59 Å². The first-order valence-corrected chi connectivity index (χ1v) is 3.68. The van der Waals surface area contributed by atoms with Crippen LogP contribution in [0.3, 0.4) is 0 Å². The third-order valence-electron chi connectivity index (χ3n) is 2.05. The van der Waals surface area contributed by atoms with Crippen LogP contribution in [0.2, 0.25) is 0 Å². The van der Waals surface area contributed by atoms with Crippen LogP contribution in [0.4, 0.5) is 0 Å². The summed E-state index contributed by atoms with van der Waals surface area (Å²) in [5.74, 6) is -1.92. The number of allylic oxidation sites excluding steroid dienone is 1. The maximum atomic E-state index is 11.0. The molecule has 0 aliphatic heterocycles. The number of rotatable bonds is 1. The van der Waals surface area contributed by atoms with E-state index in [1.807, 2.05) is 0 Å². The van der Waals surface area contributed by atoms with Gasteiger partial charge in [0.15, 0.2) is 5.78 Å². The molecule has 4 nitrogen and oxygen atoms in total. The van der Waals surface area contributed by atoms with Gasteiger partial charge in [0.1, 0.15) is 0 Å². The molecule has 0 aromatic heterocycles. The number of carboxylic acids is 1. The minimum atomic E-state index is -1.13. The molecule has 0 saturated heterocycles. The first-order chi connectivity index (χ1) is 5.52. The SMILES string of the molecule is CC1C(=O)C=C(C(=O)O)CC1O. The Bertz CT molecular complexity index is 254. The minimum absolute atomic E-state index is 0.00870. The fourth-order valence-electron chi connectivity index (χ4n) is 1.10. The topological polar surface area (TPSA) is 74.6 Å². The van der Waals surface area contributed by atoms with Crippen molar-refractivity contribution in [2.24, 2.45) is 5.92 Å². The number of ketones is 1. The van der Waals surface area contributed by atoms with Crippen molar-refractivity contribution >= 4 is 11.8 Å². The van der Waals surface area contributed by atoms with Crippen molar-refractivity contribution < 1.29 is 19.8 Å². The highest BCUT2D eigenvalue weighted by Crippen LogP contribution is 2.20. The predicted molar refractivity (Wildman–Crippen MR) is 40.5 cm³/mol. The zero-order chi connectivity index (χ0) is 9.30. The maximum absolute atomic E-state index is 11.0. The van der Waals surface area contributed by atoms with Crippen molar-refractivity contribution in [2.45, 2.75) is 19.4 Å². The number of hydrogen-bond donors (Lipinski definition) is 2. The van der Waals surface area contributed by atoms with Crippen LogP contribution in [-0.4, -0.2) is 28.1 Å². The first-order valence-electron chi connectivity index (χ1n) is 3.68. The third-order valence-corrected chi connectivity index (χ3v) is 2.05. The molecule has 0 spiro atoms. The van der Waals surface area contributed by atoms with Crippen LogP contribution in [0, 0.1) is 5.92 Å². The van der Waals surface area contributed by atoms with E-state index in [0.29, 0.717) is 0 Å². The van der Waals surface area contributed by atoms with Gasteiger partial charge in [0.05, 0.1) is 6.10 Å². The smallest absolute Gasteiger partial charge is 0.331 e. The van der Waals surface area contributed by atoms with Crippen LogP contribution >= 0.6 is 0 Å². The summed E-state index contributed by atoms with van der Waals surface area (Å²) >= 11 is 0. The lowest BCUT2D eigenvalue weighted by molar-refractivity contribution is -0.134. The van der Waals surface area contributed by atoms with E-state index in [1.165, 1.54) is 0 Å². The Hall–Kier alpha value is -1.16. The van der Waals surface area contributed by atoms with Gasteiger partial charge >= 0.3 is 5.97 Å². The zero-order valence-corrected chi connectivity index (χ0v) is 6.65. The van der Waals surface area contributed by atoms with Gasteiger partial charge < -0.3 is 10.2 Å². The molecule has 4 heteroatoms. The summed E-state index contributed by atoms with van der Waals surface area (Å²) in [4.78, 5) is 21.4. The van der Waals surface area contributed by atoms with Crippen molar-refractivity contribution in [1.82, 2.24) is 0 Å². The van der Waals surface area contributed by atoms with E-state index >= 15 is 0 Å². The molecule has 0 aromatic rings. The summed E-state index contributed by atoms with van der Waals surface area (Å²) in [5.41, 5.74) is -0.00870. The molecule has 0 fully saturated rings. The van der Waals surface area contributed by atoms with Crippen molar-refractivity contribution in [3.8, 4) is 0 Å². The summed E-state index contributed by atoms with van der Waals surface area (Å²) in [6, 6.07) is 0. The van der Waals surface area contributed by atoms with Gasteiger partial charge in [-0.2, -0.15) is 0 Å². The lowest BCUT2D eigenvalue weighted by atomic mass is 9.87. The Labute approximate surface area is 69.5 Å². The van der Waals surface area contributed by atoms with Gasteiger partial charge in [0.2, 0.25) is 0 Å². The van der Waals surface area contributed by atoms with Gasteiger partial charge in [-0.3, -0.25) is 4.79 Å². The summed E-state index contributed by atoms with van der Waals surface area (Å²) in [7, 11) is 0. The molecule has 0 saturated carbocycles. The molecule has 0 heterocycles. The molecule has 1 aliphatic rings. The van der Waals surface area contributed by atoms with Gasteiger partial charge in [0, 0.05) is 17.9 Å². The van der Waals surface area contributed by atoms with Crippen LogP contribution < -0.4 is 0 Å². The van der Waals surface area contributed by atoms with E-state index in [0.717, 1.165) is 6.08 Å². The summed E-state index contributed by atoms with van der Waals surface area (Å²) < 4.78 is 0. The van der Waals surface area contributed by atoms with Gasteiger partial charge in [-0.15, -0.1) is 0 Å². The van der Waals surface area contributed by atoms with E-state index in [9.17, 15) is 14.7 Å². The molecule has 12 heavy (non-hydrogen) atoms. The number of carbonyl (C=O) groups excluding carboxylic acids is 1. The fraction of sp³-hybridized carbons (Fsp3) is 0.500. The normalized spacial score (nSPS) is 29.8. The second-order valence-corrected chi connectivity index (χ2v) is 2.94. The quantitative estimate of drug-likeness (QED) is 0.579. The van der Waals surface area contributed by atoms with Crippen LogP contribution in [0.15, 0.2) is 11.6 Å². The molecule has 2 atom stereocenters. The number of carbonyl (C=O) groups is 2. The molecule has 1 rings (SSSR count). The second-order valence-electron chi connectivity index (χ2n) is 2.94. The Balaban J connectivity index is 2.89. The molecule has 66 valence electrons.